The summed E-state index contributed by atoms with van der Waals surface area (Å²) in [6.07, 6.45) is 3.68. The first kappa shape index (κ1) is 10.2. The molecule has 0 amide bonds. The summed E-state index contributed by atoms with van der Waals surface area (Å²) in [7, 11) is 1.77. The van der Waals surface area contributed by atoms with E-state index < -0.39 is 0 Å². The maximum absolute atomic E-state index is 5.69. The third-order valence-corrected chi connectivity index (χ3v) is 2.15. The summed E-state index contributed by atoms with van der Waals surface area (Å²) in [5.74, 6) is 0. The van der Waals surface area contributed by atoms with Crippen molar-refractivity contribution >= 4 is 17.8 Å². The molecule has 0 atom stereocenters. The molecule has 1 rings (SSSR count). The fraction of sp³-hybridized carbons (Fsp3) is 0.400. The lowest BCUT2D eigenvalue weighted by molar-refractivity contribution is 0.729. The average Bonchev–Trinajstić information content (AvgIpc) is 2.05. The molecule has 13 heavy (non-hydrogen) atoms. The maximum Gasteiger partial charge on any atom is 0.129 e. The van der Waals surface area contributed by atoms with Gasteiger partial charge in [0.25, 0.3) is 0 Å². The molecule has 0 N–H and O–H groups in total. The third-order valence-electron chi connectivity index (χ3n) is 1.92. The molecule has 0 aliphatic heterocycles. The molecular formula is C10H13ClN2. The van der Waals surface area contributed by atoms with Crippen LogP contribution in [0.5, 0.6) is 0 Å². The van der Waals surface area contributed by atoms with Gasteiger partial charge in [0.15, 0.2) is 0 Å². The fourth-order valence-electron chi connectivity index (χ4n) is 1.15. The van der Waals surface area contributed by atoms with Crippen LogP contribution in [-0.2, 0) is 5.41 Å². The number of pyridine rings is 1. The Morgan fingerprint density at radius 3 is 2.62 bits per heavy atom. The van der Waals surface area contributed by atoms with Crippen LogP contribution in [0.4, 0.5) is 0 Å². The molecular weight excluding hydrogens is 184 g/mol. The molecule has 0 unspecified atom stereocenters. The van der Waals surface area contributed by atoms with Crippen LogP contribution in [-0.4, -0.2) is 18.2 Å². The molecule has 1 heterocycles. The molecule has 0 aromatic carbocycles. The molecule has 3 heteroatoms. The van der Waals surface area contributed by atoms with E-state index in [4.69, 9.17) is 11.6 Å². The standard InChI is InChI=1S/C10H13ClN2/c1-10(2,7-12-3)8-4-5-9(11)13-6-8/h4-7H,1-3H3/b12-7+. The highest BCUT2D eigenvalue weighted by Crippen LogP contribution is 2.20. The first-order chi connectivity index (χ1) is 6.06. The van der Waals surface area contributed by atoms with Crippen LogP contribution >= 0.6 is 11.6 Å². The van der Waals surface area contributed by atoms with Gasteiger partial charge < -0.3 is 0 Å². The SMILES string of the molecule is C/N=C/C(C)(C)c1ccc(Cl)nc1. The summed E-state index contributed by atoms with van der Waals surface area (Å²) in [6, 6.07) is 3.76. The van der Waals surface area contributed by atoms with Crippen molar-refractivity contribution in [3.8, 4) is 0 Å². The van der Waals surface area contributed by atoms with Crippen LogP contribution in [0.2, 0.25) is 5.15 Å². The molecule has 0 spiro atoms. The second-order valence-corrected chi connectivity index (χ2v) is 3.87. The summed E-state index contributed by atoms with van der Waals surface area (Å²) in [6.45, 7) is 4.18. The van der Waals surface area contributed by atoms with Crippen molar-refractivity contribution in [1.82, 2.24) is 4.98 Å². The van der Waals surface area contributed by atoms with E-state index >= 15 is 0 Å². The van der Waals surface area contributed by atoms with E-state index in [-0.39, 0.29) is 5.41 Å². The van der Waals surface area contributed by atoms with Crippen LogP contribution in [0.15, 0.2) is 23.3 Å². The number of aromatic nitrogens is 1. The smallest absolute Gasteiger partial charge is 0.129 e. The lowest BCUT2D eigenvalue weighted by atomic mass is 9.87. The van der Waals surface area contributed by atoms with E-state index in [0.29, 0.717) is 5.15 Å². The van der Waals surface area contributed by atoms with Gasteiger partial charge in [-0.15, -0.1) is 0 Å². The van der Waals surface area contributed by atoms with Crippen molar-refractivity contribution in [2.24, 2.45) is 4.99 Å². The Balaban J connectivity index is 3.00. The van der Waals surface area contributed by atoms with E-state index in [9.17, 15) is 0 Å². The van der Waals surface area contributed by atoms with Gasteiger partial charge in [-0.05, 0) is 11.6 Å². The normalized spacial score (nSPS) is 12.3. The van der Waals surface area contributed by atoms with Gasteiger partial charge in [-0.25, -0.2) is 4.98 Å². The van der Waals surface area contributed by atoms with Crippen molar-refractivity contribution in [3.63, 3.8) is 0 Å². The van der Waals surface area contributed by atoms with Crippen molar-refractivity contribution in [3.05, 3.63) is 29.0 Å². The molecule has 1 aromatic rings. The second-order valence-electron chi connectivity index (χ2n) is 3.48. The predicted octanol–water partition coefficient (Wildman–Crippen LogP) is 2.71. The van der Waals surface area contributed by atoms with Crippen molar-refractivity contribution in [2.45, 2.75) is 19.3 Å². The lowest BCUT2D eigenvalue weighted by Crippen LogP contribution is -2.18. The van der Waals surface area contributed by atoms with Crippen LogP contribution in [0.1, 0.15) is 19.4 Å². The highest BCUT2D eigenvalue weighted by molar-refractivity contribution is 6.29. The van der Waals surface area contributed by atoms with Crippen LogP contribution in [0, 0.1) is 0 Å². The molecule has 0 aliphatic carbocycles. The number of hydrogen-bond donors (Lipinski definition) is 0. The zero-order valence-electron chi connectivity index (χ0n) is 8.08. The van der Waals surface area contributed by atoms with Gasteiger partial charge in [0, 0.05) is 24.9 Å². The lowest BCUT2D eigenvalue weighted by Gasteiger charge is -2.18. The van der Waals surface area contributed by atoms with Gasteiger partial charge in [-0.1, -0.05) is 31.5 Å². The van der Waals surface area contributed by atoms with Crippen molar-refractivity contribution < 1.29 is 0 Å². The largest absolute Gasteiger partial charge is 0.300 e. The zero-order valence-corrected chi connectivity index (χ0v) is 8.84. The van der Waals surface area contributed by atoms with Crippen LogP contribution in [0.25, 0.3) is 0 Å². The number of halogens is 1. The molecule has 0 saturated carbocycles. The number of aliphatic imine (C=N–C) groups is 1. The Kier molecular flexibility index (Phi) is 3.04. The zero-order chi connectivity index (χ0) is 9.90. The Bertz CT molecular complexity index is 301. The highest BCUT2D eigenvalue weighted by Gasteiger charge is 2.17. The summed E-state index contributed by atoms with van der Waals surface area (Å²) in [5, 5.41) is 0.521. The van der Waals surface area contributed by atoms with E-state index in [0.717, 1.165) is 5.56 Å². The third kappa shape index (κ3) is 2.52. The minimum Gasteiger partial charge on any atom is -0.300 e. The Hall–Kier alpha value is -0.890. The van der Waals surface area contributed by atoms with Gasteiger partial charge in [0.05, 0.1) is 0 Å². The summed E-state index contributed by atoms with van der Waals surface area (Å²) in [5.41, 5.74) is 1.04. The van der Waals surface area contributed by atoms with Gasteiger partial charge in [0.2, 0.25) is 0 Å². The molecule has 0 saturated heterocycles. The first-order valence-corrected chi connectivity index (χ1v) is 4.49. The summed E-state index contributed by atoms with van der Waals surface area (Å²) in [4.78, 5) is 8.05. The molecule has 2 nitrogen and oxygen atoms in total. The number of rotatable bonds is 2. The van der Waals surface area contributed by atoms with Gasteiger partial charge >= 0.3 is 0 Å². The number of nitrogens with zero attached hydrogens (tertiary/aromatic N) is 2. The molecule has 0 fully saturated rings. The number of hydrogen-bond acceptors (Lipinski definition) is 2. The van der Waals surface area contributed by atoms with E-state index in [2.05, 4.69) is 23.8 Å². The maximum atomic E-state index is 5.69. The quantitative estimate of drug-likeness (QED) is 0.528. The van der Waals surface area contributed by atoms with Crippen LogP contribution < -0.4 is 0 Å². The minimum absolute atomic E-state index is 0.0770. The van der Waals surface area contributed by atoms with E-state index in [1.807, 2.05) is 12.3 Å². The monoisotopic (exact) mass is 196 g/mol. The first-order valence-electron chi connectivity index (χ1n) is 4.11. The van der Waals surface area contributed by atoms with Gasteiger partial charge in [-0.3, -0.25) is 4.99 Å². The van der Waals surface area contributed by atoms with Crippen LogP contribution in [0.3, 0.4) is 0 Å². The molecule has 0 aliphatic rings. The Morgan fingerprint density at radius 2 is 2.15 bits per heavy atom. The van der Waals surface area contributed by atoms with Gasteiger partial charge in [-0.2, -0.15) is 0 Å². The average molecular weight is 197 g/mol. The van der Waals surface area contributed by atoms with Crippen molar-refractivity contribution in [2.75, 3.05) is 7.05 Å². The Morgan fingerprint density at radius 1 is 1.46 bits per heavy atom. The second kappa shape index (κ2) is 3.88. The molecule has 0 bridgehead atoms. The highest BCUT2D eigenvalue weighted by atomic mass is 35.5. The molecule has 70 valence electrons. The molecule has 1 aromatic heterocycles. The van der Waals surface area contributed by atoms with E-state index in [1.165, 1.54) is 0 Å². The molecule has 0 radical (unpaired) electrons. The minimum atomic E-state index is -0.0770. The summed E-state index contributed by atoms with van der Waals surface area (Å²) < 4.78 is 0. The Labute approximate surface area is 83.7 Å². The van der Waals surface area contributed by atoms with Gasteiger partial charge in [0.1, 0.15) is 5.15 Å². The topological polar surface area (TPSA) is 25.2 Å². The fourth-order valence-corrected chi connectivity index (χ4v) is 1.27. The van der Waals surface area contributed by atoms with E-state index in [1.54, 1.807) is 19.3 Å². The van der Waals surface area contributed by atoms with Crippen molar-refractivity contribution in [1.29, 1.82) is 0 Å². The predicted molar refractivity (Wildman–Crippen MR) is 56.7 cm³/mol. The summed E-state index contributed by atoms with van der Waals surface area (Å²) >= 11 is 5.69.